The predicted octanol–water partition coefficient (Wildman–Crippen LogP) is 2.45. The molecular weight excluding hydrogens is 272 g/mol. The van der Waals surface area contributed by atoms with Crippen LogP contribution in [0.2, 0.25) is 0 Å². The van der Waals surface area contributed by atoms with Crippen molar-refractivity contribution < 1.29 is 8.42 Å². The Kier molecular flexibility index (Phi) is 3.22. The van der Waals surface area contributed by atoms with Crippen LogP contribution in [-0.2, 0) is 9.84 Å². The topological polar surface area (TPSA) is 59.1 Å². The van der Waals surface area contributed by atoms with Gasteiger partial charge in [0.15, 0.2) is 9.84 Å². The fraction of sp³-hybridized carbons (Fsp3) is 0.267. The highest BCUT2D eigenvalue weighted by Crippen LogP contribution is 2.43. The van der Waals surface area contributed by atoms with Crippen molar-refractivity contribution in [2.75, 3.05) is 11.6 Å². The van der Waals surface area contributed by atoms with E-state index in [1.807, 2.05) is 18.2 Å². The van der Waals surface area contributed by atoms with E-state index in [0.717, 1.165) is 6.42 Å². The molecular formula is C15H16N2O2S. The third kappa shape index (κ3) is 2.67. The van der Waals surface area contributed by atoms with Crippen molar-refractivity contribution in [3.8, 4) is 0 Å². The zero-order valence-electron chi connectivity index (χ0n) is 11.2. The Morgan fingerprint density at radius 1 is 1.15 bits per heavy atom. The normalized spacial score (nSPS) is 21.4. The second kappa shape index (κ2) is 4.90. The summed E-state index contributed by atoms with van der Waals surface area (Å²) in [6.07, 6.45) is 3.82. The third-order valence-electron chi connectivity index (χ3n) is 3.51. The first kappa shape index (κ1) is 13.1. The highest BCUT2D eigenvalue weighted by Gasteiger charge is 2.39. The quantitative estimate of drug-likeness (QED) is 0.939. The summed E-state index contributed by atoms with van der Waals surface area (Å²) in [4.78, 5) is 4.43. The molecule has 0 aliphatic heterocycles. The maximum Gasteiger partial charge on any atom is 0.179 e. The van der Waals surface area contributed by atoms with Gasteiger partial charge in [-0.05, 0) is 24.1 Å². The smallest absolute Gasteiger partial charge is 0.179 e. The van der Waals surface area contributed by atoms with Crippen LogP contribution in [0.4, 0.5) is 5.82 Å². The molecule has 1 aliphatic carbocycles. The third-order valence-corrected chi connectivity index (χ3v) is 4.64. The highest BCUT2D eigenvalue weighted by molar-refractivity contribution is 7.90. The van der Waals surface area contributed by atoms with Crippen molar-refractivity contribution in [3.05, 3.63) is 54.2 Å². The van der Waals surface area contributed by atoms with E-state index in [4.69, 9.17) is 0 Å². The number of rotatable bonds is 4. The van der Waals surface area contributed by atoms with E-state index < -0.39 is 9.84 Å². The van der Waals surface area contributed by atoms with Crippen molar-refractivity contribution in [3.63, 3.8) is 0 Å². The van der Waals surface area contributed by atoms with Crippen LogP contribution >= 0.6 is 0 Å². The Morgan fingerprint density at radius 3 is 2.60 bits per heavy atom. The van der Waals surface area contributed by atoms with E-state index in [2.05, 4.69) is 22.4 Å². The van der Waals surface area contributed by atoms with Gasteiger partial charge in [-0.2, -0.15) is 0 Å². The molecule has 4 nitrogen and oxygen atoms in total. The molecule has 1 aliphatic rings. The van der Waals surface area contributed by atoms with Crippen LogP contribution in [0.3, 0.4) is 0 Å². The molecule has 0 radical (unpaired) electrons. The van der Waals surface area contributed by atoms with Gasteiger partial charge in [-0.15, -0.1) is 0 Å². The van der Waals surface area contributed by atoms with Crippen molar-refractivity contribution in [2.45, 2.75) is 23.3 Å². The molecule has 20 heavy (non-hydrogen) atoms. The minimum atomic E-state index is -3.26. The summed E-state index contributed by atoms with van der Waals surface area (Å²) in [6, 6.07) is 13.7. The lowest BCUT2D eigenvalue weighted by molar-refractivity contribution is 0.601. The molecule has 1 N–H and O–H groups in total. The highest BCUT2D eigenvalue weighted by atomic mass is 32.2. The number of nitrogens with zero attached hydrogens (tertiary/aromatic N) is 1. The number of pyridine rings is 1. The van der Waals surface area contributed by atoms with E-state index in [9.17, 15) is 8.42 Å². The van der Waals surface area contributed by atoms with Crippen LogP contribution in [0.5, 0.6) is 0 Å². The van der Waals surface area contributed by atoms with Crippen molar-refractivity contribution in [1.82, 2.24) is 4.98 Å². The summed E-state index contributed by atoms with van der Waals surface area (Å²) in [5.74, 6) is 0.893. The lowest BCUT2D eigenvalue weighted by atomic mass is 10.1. The molecule has 1 saturated carbocycles. The molecule has 0 amide bonds. The second-order valence-corrected chi connectivity index (χ2v) is 7.11. The summed E-state index contributed by atoms with van der Waals surface area (Å²) in [5.41, 5.74) is 1.28. The minimum Gasteiger partial charge on any atom is -0.366 e. The van der Waals surface area contributed by atoms with Gasteiger partial charge in [0.05, 0.1) is 0 Å². The maximum absolute atomic E-state index is 11.7. The van der Waals surface area contributed by atoms with Crippen molar-refractivity contribution in [2.24, 2.45) is 0 Å². The largest absolute Gasteiger partial charge is 0.366 e. The van der Waals surface area contributed by atoms with Crippen LogP contribution < -0.4 is 5.32 Å². The summed E-state index contributed by atoms with van der Waals surface area (Å²) >= 11 is 0. The van der Waals surface area contributed by atoms with Gasteiger partial charge < -0.3 is 5.32 Å². The summed E-state index contributed by atoms with van der Waals surface area (Å²) in [6.45, 7) is 0. The molecule has 1 aromatic carbocycles. The van der Waals surface area contributed by atoms with Gasteiger partial charge >= 0.3 is 0 Å². The first-order chi connectivity index (χ1) is 9.55. The molecule has 0 bridgehead atoms. The van der Waals surface area contributed by atoms with E-state index in [1.165, 1.54) is 11.8 Å². The average molecular weight is 288 g/mol. The van der Waals surface area contributed by atoms with Gasteiger partial charge in [0.1, 0.15) is 10.7 Å². The van der Waals surface area contributed by atoms with Gasteiger partial charge in [-0.25, -0.2) is 13.4 Å². The number of hydrogen-bond acceptors (Lipinski definition) is 4. The molecule has 1 fully saturated rings. The van der Waals surface area contributed by atoms with E-state index in [-0.39, 0.29) is 10.9 Å². The monoisotopic (exact) mass is 288 g/mol. The van der Waals surface area contributed by atoms with E-state index in [1.54, 1.807) is 18.3 Å². The SMILES string of the molecule is CS(=O)(=O)c1cccnc1NC1CC1c1ccccc1. The molecule has 3 rings (SSSR count). The molecule has 104 valence electrons. The Balaban J connectivity index is 1.78. The lowest BCUT2D eigenvalue weighted by Gasteiger charge is -2.09. The predicted molar refractivity (Wildman–Crippen MR) is 78.6 cm³/mol. The van der Waals surface area contributed by atoms with Gasteiger partial charge in [0.2, 0.25) is 0 Å². The Morgan fingerprint density at radius 2 is 1.90 bits per heavy atom. The first-order valence-electron chi connectivity index (χ1n) is 6.52. The molecule has 2 atom stereocenters. The number of aromatic nitrogens is 1. The van der Waals surface area contributed by atoms with Crippen molar-refractivity contribution in [1.29, 1.82) is 0 Å². The van der Waals surface area contributed by atoms with Crippen LogP contribution in [0, 0.1) is 0 Å². The standard InChI is InChI=1S/C15H16N2O2S/c1-20(18,19)14-8-5-9-16-15(14)17-13-10-12(13)11-6-3-2-4-7-11/h2-9,12-13H,10H2,1H3,(H,16,17). The van der Waals surface area contributed by atoms with Crippen LogP contribution in [0.25, 0.3) is 0 Å². The number of benzene rings is 1. The maximum atomic E-state index is 11.7. The molecule has 2 aromatic rings. The number of sulfone groups is 1. The first-order valence-corrected chi connectivity index (χ1v) is 8.41. The molecule has 0 spiro atoms. The van der Waals surface area contributed by atoms with Gasteiger partial charge in [-0.1, -0.05) is 30.3 Å². The Bertz CT molecular complexity index is 714. The second-order valence-electron chi connectivity index (χ2n) is 5.13. The molecule has 5 heteroatoms. The zero-order chi connectivity index (χ0) is 14.2. The van der Waals surface area contributed by atoms with E-state index >= 15 is 0 Å². The minimum absolute atomic E-state index is 0.257. The Labute approximate surface area is 118 Å². The fourth-order valence-electron chi connectivity index (χ4n) is 2.40. The van der Waals surface area contributed by atoms with Crippen LogP contribution in [0.15, 0.2) is 53.6 Å². The van der Waals surface area contributed by atoms with Crippen LogP contribution in [0.1, 0.15) is 17.9 Å². The molecule has 0 saturated heterocycles. The molecule has 2 unspecified atom stereocenters. The van der Waals surface area contributed by atoms with Gasteiger partial charge in [-0.3, -0.25) is 0 Å². The van der Waals surface area contributed by atoms with Crippen molar-refractivity contribution >= 4 is 15.7 Å². The molecule has 1 aromatic heterocycles. The summed E-state index contributed by atoms with van der Waals surface area (Å²) in [7, 11) is -3.26. The van der Waals surface area contributed by atoms with Gasteiger partial charge in [0.25, 0.3) is 0 Å². The fourth-order valence-corrected chi connectivity index (χ4v) is 3.19. The zero-order valence-corrected chi connectivity index (χ0v) is 12.0. The lowest BCUT2D eigenvalue weighted by Crippen LogP contribution is -2.10. The van der Waals surface area contributed by atoms with Crippen LogP contribution in [-0.4, -0.2) is 25.7 Å². The number of nitrogens with one attached hydrogen (secondary N) is 1. The summed E-state index contributed by atoms with van der Waals surface area (Å²) < 4.78 is 23.5. The average Bonchev–Trinajstić information content (AvgIpc) is 3.18. The Hall–Kier alpha value is -1.88. The van der Waals surface area contributed by atoms with E-state index in [0.29, 0.717) is 11.7 Å². The van der Waals surface area contributed by atoms with Gasteiger partial charge in [0, 0.05) is 24.4 Å². The number of anilines is 1. The summed E-state index contributed by atoms with van der Waals surface area (Å²) in [5, 5.41) is 3.25. The molecule has 1 heterocycles. The number of hydrogen-bond donors (Lipinski definition) is 1.